The standard InChI is InChI=1S/C15H16FNO2/c1-18-13-4-3-11(7-12(13)16)15(9-19-10-15)14(8-17)5-2-6-14/h3-4,7H,2,5-6,9-10H2,1H3. The van der Waals surface area contributed by atoms with Crippen molar-refractivity contribution in [3.8, 4) is 11.8 Å². The van der Waals surface area contributed by atoms with Crippen LogP contribution in [0.5, 0.6) is 5.75 Å². The number of ether oxygens (including phenoxy) is 2. The van der Waals surface area contributed by atoms with E-state index in [1.165, 1.54) is 13.2 Å². The maximum absolute atomic E-state index is 13.9. The summed E-state index contributed by atoms with van der Waals surface area (Å²) in [6, 6.07) is 7.47. The largest absolute Gasteiger partial charge is 0.494 e. The molecule has 2 fully saturated rings. The monoisotopic (exact) mass is 261 g/mol. The van der Waals surface area contributed by atoms with Crippen LogP contribution in [0.3, 0.4) is 0 Å². The number of benzene rings is 1. The van der Waals surface area contributed by atoms with Crippen LogP contribution in [0, 0.1) is 22.6 Å². The molecule has 1 aliphatic heterocycles. The molecular weight excluding hydrogens is 245 g/mol. The second-order valence-electron chi connectivity index (χ2n) is 5.47. The number of hydrogen-bond donors (Lipinski definition) is 0. The van der Waals surface area contributed by atoms with Gasteiger partial charge in [0, 0.05) is 0 Å². The first-order chi connectivity index (χ1) is 9.17. The number of hydrogen-bond acceptors (Lipinski definition) is 3. The number of nitrogens with zero attached hydrogens (tertiary/aromatic N) is 1. The van der Waals surface area contributed by atoms with Crippen molar-refractivity contribution in [1.82, 2.24) is 0 Å². The van der Waals surface area contributed by atoms with Crippen LogP contribution in [0.4, 0.5) is 4.39 Å². The molecule has 3 rings (SSSR count). The zero-order chi connectivity index (χ0) is 13.5. The Kier molecular flexibility index (Phi) is 2.75. The Labute approximate surface area is 111 Å². The minimum absolute atomic E-state index is 0.235. The van der Waals surface area contributed by atoms with Crippen LogP contribution < -0.4 is 4.74 Å². The SMILES string of the molecule is COc1ccc(C2(C3(C#N)CCC3)COC2)cc1F. The summed E-state index contributed by atoms with van der Waals surface area (Å²) in [7, 11) is 1.45. The first kappa shape index (κ1) is 12.4. The van der Waals surface area contributed by atoms with Crippen molar-refractivity contribution in [1.29, 1.82) is 5.26 Å². The van der Waals surface area contributed by atoms with Gasteiger partial charge in [0.25, 0.3) is 0 Å². The maximum atomic E-state index is 13.9. The first-order valence-electron chi connectivity index (χ1n) is 6.50. The molecule has 0 bridgehead atoms. The fraction of sp³-hybridized carbons (Fsp3) is 0.533. The van der Waals surface area contributed by atoms with Gasteiger partial charge in [-0.05, 0) is 30.5 Å². The van der Waals surface area contributed by atoms with Gasteiger partial charge < -0.3 is 9.47 Å². The molecule has 1 aliphatic carbocycles. The lowest BCUT2D eigenvalue weighted by Crippen LogP contribution is -2.61. The number of halogens is 1. The van der Waals surface area contributed by atoms with Gasteiger partial charge in [-0.25, -0.2) is 4.39 Å². The molecule has 4 heteroatoms. The Hall–Kier alpha value is -1.60. The highest BCUT2D eigenvalue weighted by molar-refractivity contribution is 5.40. The van der Waals surface area contributed by atoms with Crippen LogP contribution in [0.25, 0.3) is 0 Å². The lowest BCUT2D eigenvalue weighted by molar-refractivity contribution is -0.134. The third-order valence-electron chi connectivity index (χ3n) is 4.74. The molecule has 1 saturated carbocycles. The summed E-state index contributed by atoms with van der Waals surface area (Å²) in [5, 5.41) is 9.54. The average Bonchev–Trinajstić information content (AvgIpc) is 2.31. The van der Waals surface area contributed by atoms with E-state index in [1.54, 1.807) is 6.07 Å². The van der Waals surface area contributed by atoms with Crippen molar-refractivity contribution < 1.29 is 13.9 Å². The van der Waals surface area contributed by atoms with E-state index in [2.05, 4.69) is 6.07 Å². The molecular formula is C15H16FNO2. The molecule has 0 spiro atoms. The van der Waals surface area contributed by atoms with E-state index in [9.17, 15) is 9.65 Å². The van der Waals surface area contributed by atoms with Gasteiger partial charge in [-0.2, -0.15) is 5.26 Å². The van der Waals surface area contributed by atoms with E-state index in [-0.39, 0.29) is 22.4 Å². The Bertz CT molecular complexity index is 542. The van der Waals surface area contributed by atoms with Gasteiger partial charge >= 0.3 is 0 Å². The Morgan fingerprint density at radius 2 is 2.11 bits per heavy atom. The van der Waals surface area contributed by atoms with Gasteiger partial charge in [0.1, 0.15) is 0 Å². The van der Waals surface area contributed by atoms with Crippen LogP contribution in [0.2, 0.25) is 0 Å². The molecule has 1 saturated heterocycles. The zero-order valence-electron chi connectivity index (χ0n) is 10.9. The molecule has 1 aromatic rings. The summed E-state index contributed by atoms with van der Waals surface area (Å²) in [5.74, 6) is -0.141. The van der Waals surface area contributed by atoms with E-state index in [0.717, 1.165) is 24.8 Å². The van der Waals surface area contributed by atoms with Crippen molar-refractivity contribution in [3.05, 3.63) is 29.6 Å². The third-order valence-corrected chi connectivity index (χ3v) is 4.74. The summed E-state index contributed by atoms with van der Waals surface area (Å²) in [6.45, 7) is 1.01. The Balaban J connectivity index is 2.03. The molecule has 100 valence electrons. The van der Waals surface area contributed by atoms with Crippen LogP contribution >= 0.6 is 0 Å². The lowest BCUT2D eigenvalue weighted by atomic mass is 9.50. The van der Waals surface area contributed by atoms with Crippen molar-refractivity contribution in [2.75, 3.05) is 20.3 Å². The van der Waals surface area contributed by atoms with Crippen LogP contribution in [0.15, 0.2) is 18.2 Å². The van der Waals surface area contributed by atoms with Crippen molar-refractivity contribution in [3.63, 3.8) is 0 Å². The highest BCUT2D eigenvalue weighted by atomic mass is 19.1. The molecule has 2 aliphatic rings. The smallest absolute Gasteiger partial charge is 0.165 e. The lowest BCUT2D eigenvalue weighted by Gasteiger charge is -2.56. The van der Waals surface area contributed by atoms with E-state index in [4.69, 9.17) is 9.47 Å². The van der Waals surface area contributed by atoms with Crippen LogP contribution in [-0.2, 0) is 10.2 Å². The van der Waals surface area contributed by atoms with E-state index < -0.39 is 0 Å². The maximum Gasteiger partial charge on any atom is 0.165 e. The molecule has 0 atom stereocenters. The average molecular weight is 261 g/mol. The fourth-order valence-corrected chi connectivity index (χ4v) is 3.22. The van der Waals surface area contributed by atoms with Crippen LogP contribution in [-0.4, -0.2) is 20.3 Å². The molecule has 0 amide bonds. The predicted octanol–water partition coefficient (Wildman–Crippen LogP) is 2.80. The molecule has 1 heterocycles. The first-order valence-corrected chi connectivity index (χ1v) is 6.50. The molecule has 0 N–H and O–H groups in total. The van der Waals surface area contributed by atoms with E-state index >= 15 is 0 Å². The highest BCUT2D eigenvalue weighted by Gasteiger charge is 2.60. The second kappa shape index (κ2) is 4.21. The topological polar surface area (TPSA) is 42.2 Å². The van der Waals surface area contributed by atoms with E-state index in [0.29, 0.717) is 13.2 Å². The fourth-order valence-electron chi connectivity index (χ4n) is 3.22. The summed E-state index contributed by atoms with van der Waals surface area (Å²) >= 11 is 0. The van der Waals surface area contributed by atoms with Gasteiger partial charge in [-0.3, -0.25) is 0 Å². The predicted molar refractivity (Wildman–Crippen MR) is 67.3 cm³/mol. The quantitative estimate of drug-likeness (QED) is 0.840. The molecule has 0 unspecified atom stereocenters. The molecule has 1 aromatic carbocycles. The van der Waals surface area contributed by atoms with Crippen molar-refractivity contribution in [2.24, 2.45) is 5.41 Å². The van der Waals surface area contributed by atoms with Gasteiger partial charge in [0.2, 0.25) is 0 Å². The second-order valence-corrected chi connectivity index (χ2v) is 5.47. The minimum atomic E-state index is -0.383. The molecule has 0 aromatic heterocycles. The summed E-state index contributed by atoms with van der Waals surface area (Å²) in [4.78, 5) is 0. The number of nitriles is 1. The Morgan fingerprint density at radius 3 is 2.47 bits per heavy atom. The summed E-state index contributed by atoms with van der Waals surface area (Å²) in [5.41, 5.74) is 0.137. The summed E-state index contributed by atoms with van der Waals surface area (Å²) in [6.07, 6.45) is 2.81. The zero-order valence-corrected chi connectivity index (χ0v) is 10.9. The normalized spacial score (nSPS) is 22.8. The van der Waals surface area contributed by atoms with Crippen molar-refractivity contribution >= 4 is 0 Å². The van der Waals surface area contributed by atoms with E-state index in [1.807, 2.05) is 6.07 Å². The van der Waals surface area contributed by atoms with Gasteiger partial charge in [0.05, 0.1) is 37.2 Å². The Morgan fingerprint density at radius 1 is 1.37 bits per heavy atom. The molecule has 19 heavy (non-hydrogen) atoms. The third kappa shape index (κ3) is 1.51. The van der Waals surface area contributed by atoms with Gasteiger partial charge in [-0.15, -0.1) is 0 Å². The molecule has 3 nitrogen and oxygen atoms in total. The molecule has 0 radical (unpaired) electrons. The van der Waals surface area contributed by atoms with Crippen LogP contribution in [0.1, 0.15) is 24.8 Å². The summed E-state index contributed by atoms with van der Waals surface area (Å²) < 4.78 is 24.2. The minimum Gasteiger partial charge on any atom is -0.494 e. The van der Waals surface area contributed by atoms with Gasteiger partial charge in [-0.1, -0.05) is 12.5 Å². The highest BCUT2D eigenvalue weighted by Crippen LogP contribution is 2.58. The number of methoxy groups -OCH3 is 1. The number of rotatable bonds is 3. The van der Waals surface area contributed by atoms with Gasteiger partial charge in [0.15, 0.2) is 11.6 Å². The van der Waals surface area contributed by atoms with Crippen molar-refractivity contribution in [2.45, 2.75) is 24.7 Å².